The summed E-state index contributed by atoms with van der Waals surface area (Å²) in [5, 5.41) is 0. The van der Waals surface area contributed by atoms with Crippen LogP contribution in [-0.2, 0) is 21.4 Å². The van der Waals surface area contributed by atoms with Gasteiger partial charge < -0.3 is 19.3 Å². The zero-order valence-corrected chi connectivity index (χ0v) is 18.6. The van der Waals surface area contributed by atoms with E-state index in [1.165, 1.54) is 0 Å². The molecule has 3 rings (SSSR count). The Kier molecular flexibility index (Phi) is 8.15. The van der Waals surface area contributed by atoms with Gasteiger partial charge in [-0.15, -0.1) is 12.4 Å². The number of ether oxygens (including phenoxy) is 2. The minimum absolute atomic E-state index is 0. The molecule has 0 bridgehead atoms. The summed E-state index contributed by atoms with van der Waals surface area (Å²) >= 11 is 0. The van der Waals surface area contributed by atoms with Crippen molar-refractivity contribution in [1.29, 1.82) is 0 Å². The molecule has 0 saturated carbocycles. The van der Waals surface area contributed by atoms with E-state index in [-0.39, 0.29) is 17.3 Å². The Balaban J connectivity index is 0.00000300. The minimum atomic E-state index is -3.73. The zero-order chi connectivity index (χ0) is 20.1. The lowest BCUT2D eigenvalue weighted by Gasteiger charge is -2.34. The Bertz CT molecular complexity index is 916. The molecule has 0 unspecified atom stereocenters. The van der Waals surface area contributed by atoms with Crippen molar-refractivity contribution in [2.45, 2.75) is 11.5 Å². The number of benzene rings is 2. The van der Waals surface area contributed by atoms with Crippen LogP contribution in [0.1, 0.15) is 5.56 Å². The van der Waals surface area contributed by atoms with Crippen molar-refractivity contribution in [3.63, 3.8) is 0 Å². The van der Waals surface area contributed by atoms with Gasteiger partial charge in [0.2, 0.25) is 0 Å². The normalized spacial score (nSPS) is 14.9. The number of likely N-dealkylation sites (N-methyl/N-ethyl adjacent to an activating group) is 1. The summed E-state index contributed by atoms with van der Waals surface area (Å²) in [5.41, 5.74) is 2.20. The molecule has 9 heteroatoms. The molecule has 1 fully saturated rings. The van der Waals surface area contributed by atoms with Crippen molar-refractivity contribution in [3.8, 4) is 5.75 Å². The average Bonchev–Trinajstić information content (AvgIpc) is 2.68. The summed E-state index contributed by atoms with van der Waals surface area (Å²) in [4.78, 5) is 4.62. The van der Waals surface area contributed by atoms with Crippen LogP contribution in [0.25, 0.3) is 0 Å². The van der Waals surface area contributed by atoms with Crippen LogP contribution in [0.3, 0.4) is 0 Å². The van der Waals surface area contributed by atoms with Gasteiger partial charge in [0, 0.05) is 39.0 Å². The maximum atomic E-state index is 12.9. The summed E-state index contributed by atoms with van der Waals surface area (Å²) in [6, 6.07) is 12.2. The maximum absolute atomic E-state index is 12.9. The van der Waals surface area contributed by atoms with Gasteiger partial charge in [0.15, 0.2) is 0 Å². The number of nitrogens with zero attached hydrogens (tertiary/aromatic N) is 2. The first-order chi connectivity index (χ1) is 13.4. The summed E-state index contributed by atoms with van der Waals surface area (Å²) in [7, 11) is 1.56. The largest absolute Gasteiger partial charge is 0.495 e. The number of methoxy groups -OCH3 is 2. The lowest BCUT2D eigenvalue weighted by Crippen LogP contribution is -2.44. The van der Waals surface area contributed by atoms with Crippen LogP contribution in [-0.4, -0.2) is 60.8 Å². The monoisotopic (exact) mass is 441 g/mol. The standard InChI is InChI=1S/C20H27N3O4S.ClH/c1-22-9-11-23(12-10-22)19-14-18(7-8-20(19)27-3)28(24,25)21-17-6-4-5-16(13-17)15-26-2;/h4-8,13-14,21H,9-12,15H2,1-3H3;1H. The van der Waals surface area contributed by atoms with Crippen LogP contribution >= 0.6 is 12.4 Å². The Morgan fingerprint density at radius 3 is 2.41 bits per heavy atom. The van der Waals surface area contributed by atoms with E-state index in [2.05, 4.69) is 21.6 Å². The highest BCUT2D eigenvalue weighted by Crippen LogP contribution is 2.32. The van der Waals surface area contributed by atoms with Crippen LogP contribution < -0.4 is 14.4 Å². The molecule has 1 aliphatic heterocycles. The molecule has 2 aromatic rings. The van der Waals surface area contributed by atoms with E-state index in [0.717, 1.165) is 37.4 Å². The molecule has 0 aromatic heterocycles. The van der Waals surface area contributed by atoms with E-state index >= 15 is 0 Å². The fourth-order valence-electron chi connectivity index (χ4n) is 3.24. The minimum Gasteiger partial charge on any atom is -0.495 e. The molecule has 1 saturated heterocycles. The van der Waals surface area contributed by atoms with Crippen molar-refractivity contribution in [1.82, 2.24) is 4.90 Å². The molecular weight excluding hydrogens is 414 g/mol. The fourth-order valence-corrected chi connectivity index (χ4v) is 4.31. The van der Waals surface area contributed by atoms with E-state index < -0.39 is 10.0 Å². The van der Waals surface area contributed by atoms with Crippen molar-refractivity contribution in [3.05, 3.63) is 48.0 Å². The second-order valence-electron chi connectivity index (χ2n) is 6.86. The highest BCUT2D eigenvalue weighted by Gasteiger charge is 2.22. The third-order valence-electron chi connectivity index (χ3n) is 4.79. The van der Waals surface area contributed by atoms with Gasteiger partial charge in [0.05, 0.1) is 24.3 Å². The second-order valence-corrected chi connectivity index (χ2v) is 8.55. The van der Waals surface area contributed by atoms with E-state index in [1.807, 2.05) is 6.07 Å². The molecule has 29 heavy (non-hydrogen) atoms. The Morgan fingerprint density at radius 2 is 1.76 bits per heavy atom. The molecule has 0 atom stereocenters. The van der Waals surface area contributed by atoms with Gasteiger partial charge in [-0.3, -0.25) is 4.72 Å². The maximum Gasteiger partial charge on any atom is 0.261 e. The number of rotatable bonds is 7. The predicted molar refractivity (Wildman–Crippen MR) is 118 cm³/mol. The number of anilines is 2. The predicted octanol–water partition coefficient (Wildman–Crippen LogP) is 2.82. The molecule has 1 aliphatic rings. The number of sulfonamides is 1. The quantitative estimate of drug-likeness (QED) is 0.712. The van der Waals surface area contributed by atoms with Gasteiger partial charge in [0.25, 0.3) is 10.0 Å². The molecule has 1 N–H and O–H groups in total. The van der Waals surface area contributed by atoms with Crippen LogP contribution in [0.15, 0.2) is 47.4 Å². The lowest BCUT2D eigenvalue weighted by molar-refractivity contribution is 0.185. The Hall–Kier alpha value is -2.00. The summed E-state index contributed by atoms with van der Waals surface area (Å²) in [5.74, 6) is 0.672. The van der Waals surface area contributed by atoms with Crippen molar-refractivity contribution in [2.24, 2.45) is 0 Å². The molecule has 0 radical (unpaired) electrons. The molecule has 0 spiro atoms. The van der Waals surface area contributed by atoms with E-state index in [1.54, 1.807) is 50.6 Å². The third-order valence-corrected chi connectivity index (χ3v) is 6.17. The number of hydrogen-bond acceptors (Lipinski definition) is 6. The fraction of sp³-hybridized carbons (Fsp3) is 0.400. The SMILES string of the molecule is COCc1cccc(NS(=O)(=O)c2ccc(OC)c(N3CCN(C)CC3)c2)c1.Cl. The molecular formula is C20H28ClN3O4S. The van der Waals surface area contributed by atoms with E-state index in [4.69, 9.17) is 9.47 Å². The summed E-state index contributed by atoms with van der Waals surface area (Å²) in [6.07, 6.45) is 0. The molecule has 7 nitrogen and oxygen atoms in total. The number of hydrogen-bond donors (Lipinski definition) is 1. The highest BCUT2D eigenvalue weighted by atomic mass is 35.5. The molecule has 0 aliphatic carbocycles. The van der Waals surface area contributed by atoms with E-state index in [0.29, 0.717) is 18.0 Å². The zero-order valence-electron chi connectivity index (χ0n) is 16.9. The van der Waals surface area contributed by atoms with Crippen molar-refractivity contribution in [2.75, 3.05) is 57.1 Å². The first kappa shape index (κ1) is 23.3. The van der Waals surface area contributed by atoms with Crippen LogP contribution in [0.4, 0.5) is 11.4 Å². The average molecular weight is 442 g/mol. The van der Waals surface area contributed by atoms with Crippen LogP contribution in [0.5, 0.6) is 5.75 Å². The smallest absolute Gasteiger partial charge is 0.261 e. The Labute approximate surface area is 179 Å². The molecule has 160 valence electrons. The first-order valence-electron chi connectivity index (χ1n) is 9.15. The topological polar surface area (TPSA) is 71.1 Å². The van der Waals surface area contributed by atoms with Gasteiger partial charge >= 0.3 is 0 Å². The third kappa shape index (κ3) is 5.76. The van der Waals surface area contributed by atoms with Gasteiger partial charge in [-0.1, -0.05) is 12.1 Å². The summed E-state index contributed by atoms with van der Waals surface area (Å²) < 4.78 is 39.1. The first-order valence-corrected chi connectivity index (χ1v) is 10.6. The second kappa shape index (κ2) is 10.2. The molecule has 1 heterocycles. The van der Waals surface area contributed by atoms with Gasteiger partial charge in [-0.05, 0) is 42.9 Å². The van der Waals surface area contributed by atoms with Gasteiger partial charge in [-0.25, -0.2) is 8.42 Å². The number of piperazine rings is 1. The van der Waals surface area contributed by atoms with E-state index in [9.17, 15) is 8.42 Å². The van der Waals surface area contributed by atoms with Crippen molar-refractivity contribution >= 4 is 33.8 Å². The van der Waals surface area contributed by atoms with Crippen LogP contribution in [0, 0.1) is 0 Å². The molecule has 0 amide bonds. The van der Waals surface area contributed by atoms with Crippen molar-refractivity contribution < 1.29 is 17.9 Å². The number of halogens is 1. The lowest BCUT2D eigenvalue weighted by atomic mass is 10.2. The van der Waals surface area contributed by atoms with Gasteiger partial charge in [-0.2, -0.15) is 0 Å². The Morgan fingerprint density at radius 1 is 1.03 bits per heavy atom. The van der Waals surface area contributed by atoms with Gasteiger partial charge in [0.1, 0.15) is 5.75 Å². The van der Waals surface area contributed by atoms with Crippen LogP contribution in [0.2, 0.25) is 0 Å². The molecule has 2 aromatic carbocycles. The highest BCUT2D eigenvalue weighted by molar-refractivity contribution is 7.92. The number of nitrogens with one attached hydrogen (secondary N) is 1. The summed E-state index contributed by atoms with van der Waals surface area (Å²) in [6.45, 7) is 3.91.